The minimum Gasteiger partial charge on any atom is -0.332 e. The number of likely N-dealkylation sites (N-methyl/N-ethyl adjacent to an activating group) is 1. The van der Waals surface area contributed by atoms with Gasteiger partial charge in [-0.2, -0.15) is 11.8 Å². The van der Waals surface area contributed by atoms with Crippen molar-refractivity contribution in [2.24, 2.45) is 0 Å². The summed E-state index contributed by atoms with van der Waals surface area (Å²) in [6, 6.07) is 0.746. The maximum atomic E-state index is 11.6. The van der Waals surface area contributed by atoms with Gasteiger partial charge in [0.1, 0.15) is 5.78 Å². The summed E-state index contributed by atoms with van der Waals surface area (Å²) >= 11 is 1.96. The van der Waals surface area contributed by atoms with Crippen LogP contribution in [-0.2, 0) is 4.79 Å². The van der Waals surface area contributed by atoms with Gasteiger partial charge in [-0.25, -0.2) is 4.79 Å². The van der Waals surface area contributed by atoms with Crippen molar-refractivity contribution in [1.82, 2.24) is 10.2 Å². The fraction of sp³-hybridized carbons (Fsp3) is 0.846. The van der Waals surface area contributed by atoms with Crippen LogP contribution in [0.4, 0.5) is 4.79 Å². The average molecular weight is 270 g/mol. The third-order valence-electron chi connectivity index (χ3n) is 3.95. The molecular formula is C13H22N2O2S. The van der Waals surface area contributed by atoms with E-state index in [1.807, 2.05) is 30.6 Å². The summed E-state index contributed by atoms with van der Waals surface area (Å²) in [4.78, 5) is 24.6. The fourth-order valence-corrected chi connectivity index (χ4v) is 4.46. The van der Waals surface area contributed by atoms with Crippen molar-refractivity contribution in [1.29, 1.82) is 0 Å². The van der Waals surface area contributed by atoms with E-state index in [0.29, 0.717) is 29.5 Å². The largest absolute Gasteiger partial charge is 0.332 e. The molecule has 2 aliphatic rings. The van der Waals surface area contributed by atoms with Crippen molar-refractivity contribution in [3.05, 3.63) is 0 Å². The van der Waals surface area contributed by atoms with Crippen LogP contribution >= 0.6 is 11.8 Å². The van der Waals surface area contributed by atoms with Gasteiger partial charge in [-0.05, 0) is 12.8 Å². The number of hydrogen-bond donors (Lipinski definition) is 1. The van der Waals surface area contributed by atoms with Crippen LogP contribution in [-0.4, -0.2) is 46.8 Å². The normalized spacial score (nSPS) is 30.4. The molecule has 2 aliphatic heterocycles. The van der Waals surface area contributed by atoms with E-state index in [9.17, 15) is 9.59 Å². The lowest BCUT2D eigenvalue weighted by atomic mass is 10.0. The molecule has 0 radical (unpaired) electrons. The second-order valence-corrected chi connectivity index (χ2v) is 6.44. The quantitative estimate of drug-likeness (QED) is 0.593. The molecule has 0 aromatic carbocycles. The Morgan fingerprint density at radius 1 is 1.50 bits per heavy atom. The SMILES string of the molecule is CCC(=O)CCCC[C@@H]1SC[C@@H]2NC(=O)N(C)[C@@H]21. The zero-order chi connectivity index (χ0) is 13.1. The molecule has 2 saturated heterocycles. The van der Waals surface area contributed by atoms with Crippen LogP contribution in [0.5, 0.6) is 0 Å². The first-order chi connectivity index (χ1) is 8.63. The molecule has 4 nitrogen and oxygen atoms in total. The Morgan fingerprint density at radius 2 is 2.28 bits per heavy atom. The molecule has 0 bridgehead atoms. The average Bonchev–Trinajstić information content (AvgIpc) is 2.87. The molecule has 2 fully saturated rings. The van der Waals surface area contributed by atoms with Crippen molar-refractivity contribution >= 4 is 23.6 Å². The fourth-order valence-electron chi connectivity index (χ4n) is 2.82. The zero-order valence-corrected chi connectivity index (χ0v) is 12.0. The van der Waals surface area contributed by atoms with Gasteiger partial charge in [0.15, 0.2) is 0 Å². The number of carbonyl (C=O) groups is 2. The number of Topliss-reactive ketones (excluding diaryl/α,β-unsaturated/α-hetero) is 1. The number of thioether (sulfide) groups is 1. The maximum absolute atomic E-state index is 11.6. The lowest BCUT2D eigenvalue weighted by Crippen LogP contribution is -2.38. The summed E-state index contributed by atoms with van der Waals surface area (Å²) in [5, 5.41) is 3.56. The Bertz CT molecular complexity index is 335. The van der Waals surface area contributed by atoms with Gasteiger partial charge in [0, 0.05) is 30.9 Å². The first-order valence-corrected chi connectivity index (χ1v) is 7.85. The van der Waals surface area contributed by atoms with Crippen LogP contribution < -0.4 is 5.32 Å². The van der Waals surface area contributed by atoms with Gasteiger partial charge in [-0.1, -0.05) is 13.3 Å². The summed E-state index contributed by atoms with van der Waals surface area (Å²) in [5.41, 5.74) is 0. The first-order valence-electron chi connectivity index (χ1n) is 6.80. The molecule has 0 unspecified atom stereocenters. The highest BCUT2D eigenvalue weighted by molar-refractivity contribution is 8.00. The molecule has 0 saturated carbocycles. The van der Waals surface area contributed by atoms with Crippen molar-refractivity contribution in [2.45, 2.75) is 56.4 Å². The number of amides is 2. The molecule has 0 aromatic heterocycles. The molecule has 2 rings (SSSR count). The Balaban J connectivity index is 1.74. The third kappa shape index (κ3) is 2.82. The second kappa shape index (κ2) is 5.95. The molecule has 18 heavy (non-hydrogen) atoms. The molecule has 0 spiro atoms. The summed E-state index contributed by atoms with van der Waals surface area (Å²) in [6.45, 7) is 1.92. The molecule has 2 amide bonds. The molecule has 1 N–H and O–H groups in total. The molecular weight excluding hydrogens is 248 g/mol. The van der Waals surface area contributed by atoms with Crippen molar-refractivity contribution in [2.75, 3.05) is 12.8 Å². The molecule has 3 atom stereocenters. The van der Waals surface area contributed by atoms with E-state index >= 15 is 0 Å². The van der Waals surface area contributed by atoms with Crippen LogP contribution in [0.15, 0.2) is 0 Å². The van der Waals surface area contributed by atoms with Crippen molar-refractivity contribution in [3.8, 4) is 0 Å². The van der Waals surface area contributed by atoms with E-state index in [1.165, 1.54) is 0 Å². The van der Waals surface area contributed by atoms with Crippen LogP contribution in [0.3, 0.4) is 0 Å². The van der Waals surface area contributed by atoms with E-state index in [4.69, 9.17) is 0 Å². The molecule has 2 heterocycles. The van der Waals surface area contributed by atoms with E-state index < -0.39 is 0 Å². The lowest BCUT2D eigenvalue weighted by Gasteiger charge is -2.23. The molecule has 0 aromatic rings. The Hall–Kier alpha value is -0.710. The number of hydrogen-bond acceptors (Lipinski definition) is 3. The van der Waals surface area contributed by atoms with E-state index in [1.54, 1.807) is 0 Å². The third-order valence-corrected chi connectivity index (χ3v) is 5.44. The number of ketones is 1. The molecule has 0 aliphatic carbocycles. The van der Waals surface area contributed by atoms with E-state index in [-0.39, 0.29) is 6.03 Å². The van der Waals surface area contributed by atoms with E-state index in [2.05, 4.69) is 5.32 Å². The monoisotopic (exact) mass is 270 g/mol. The number of carbonyl (C=O) groups excluding carboxylic acids is 2. The smallest absolute Gasteiger partial charge is 0.317 e. The standard InChI is InChI=1S/C13H22N2O2S/c1-3-9(16)6-4-5-7-11-12-10(8-18-11)14-13(17)15(12)2/h10-12H,3-8H2,1-2H3,(H,14,17)/t10-,11-,12-/m0/s1. The van der Waals surface area contributed by atoms with Gasteiger partial charge in [0.25, 0.3) is 0 Å². The predicted molar refractivity (Wildman–Crippen MR) is 73.9 cm³/mol. The number of fused-ring (bicyclic) bond motifs is 1. The lowest BCUT2D eigenvalue weighted by molar-refractivity contribution is -0.118. The molecule has 102 valence electrons. The number of nitrogens with one attached hydrogen (secondary N) is 1. The number of nitrogens with zero attached hydrogens (tertiary/aromatic N) is 1. The van der Waals surface area contributed by atoms with Gasteiger partial charge in [0.2, 0.25) is 0 Å². The summed E-state index contributed by atoms with van der Waals surface area (Å²) in [6.07, 6.45) is 4.57. The van der Waals surface area contributed by atoms with Gasteiger partial charge >= 0.3 is 6.03 Å². The summed E-state index contributed by atoms with van der Waals surface area (Å²) in [7, 11) is 1.89. The number of urea groups is 1. The minimum atomic E-state index is 0.0662. The highest BCUT2D eigenvalue weighted by atomic mass is 32.2. The molecule has 5 heteroatoms. The highest BCUT2D eigenvalue weighted by Gasteiger charge is 2.46. The van der Waals surface area contributed by atoms with E-state index in [0.717, 1.165) is 31.4 Å². The van der Waals surface area contributed by atoms with Crippen molar-refractivity contribution < 1.29 is 9.59 Å². The summed E-state index contributed by atoms with van der Waals surface area (Å²) in [5.74, 6) is 1.39. The van der Waals surface area contributed by atoms with Crippen molar-refractivity contribution in [3.63, 3.8) is 0 Å². The second-order valence-electron chi connectivity index (χ2n) is 5.17. The zero-order valence-electron chi connectivity index (χ0n) is 11.1. The summed E-state index contributed by atoms with van der Waals surface area (Å²) < 4.78 is 0. The Kier molecular flexibility index (Phi) is 4.54. The van der Waals surface area contributed by atoms with Crippen LogP contribution in [0.25, 0.3) is 0 Å². The Labute approximate surface area is 113 Å². The maximum Gasteiger partial charge on any atom is 0.317 e. The number of rotatable bonds is 6. The van der Waals surface area contributed by atoms with Gasteiger partial charge in [-0.3, -0.25) is 4.79 Å². The predicted octanol–water partition coefficient (Wildman–Crippen LogP) is 2.03. The van der Waals surface area contributed by atoms with Gasteiger partial charge in [-0.15, -0.1) is 0 Å². The van der Waals surface area contributed by atoms with Crippen LogP contribution in [0.1, 0.15) is 39.0 Å². The number of unbranched alkanes of at least 4 members (excludes halogenated alkanes) is 1. The highest BCUT2D eigenvalue weighted by Crippen LogP contribution is 2.36. The van der Waals surface area contributed by atoms with Crippen LogP contribution in [0, 0.1) is 0 Å². The van der Waals surface area contributed by atoms with Gasteiger partial charge < -0.3 is 10.2 Å². The van der Waals surface area contributed by atoms with Crippen LogP contribution in [0.2, 0.25) is 0 Å². The Morgan fingerprint density at radius 3 is 3.00 bits per heavy atom. The topological polar surface area (TPSA) is 49.4 Å². The minimum absolute atomic E-state index is 0.0662. The van der Waals surface area contributed by atoms with Gasteiger partial charge in [0.05, 0.1) is 12.1 Å². The first kappa shape index (κ1) is 13.7.